The highest BCUT2D eigenvalue weighted by atomic mass is 35.5. The zero-order valence-corrected chi connectivity index (χ0v) is 15.8. The lowest BCUT2D eigenvalue weighted by atomic mass is 10.3. The van der Waals surface area contributed by atoms with Crippen LogP contribution in [-0.4, -0.2) is 29.5 Å². The van der Waals surface area contributed by atoms with Crippen molar-refractivity contribution in [1.82, 2.24) is 9.78 Å². The Bertz CT molecular complexity index is 943. The van der Waals surface area contributed by atoms with Gasteiger partial charge in [0.15, 0.2) is 0 Å². The van der Waals surface area contributed by atoms with E-state index in [4.69, 9.17) is 21.1 Å². The summed E-state index contributed by atoms with van der Waals surface area (Å²) in [5, 5.41) is 7.40. The minimum atomic E-state index is -0.378. The minimum Gasteiger partial charge on any atom is -0.497 e. The normalized spacial score (nSPS) is 11.7. The van der Waals surface area contributed by atoms with Crippen molar-refractivity contribution < 1.29 is 9.47 Å². The summed E-state index contributed by atoms with van der Waals surface area (Å²) in [6.07, 6.45) is 1.39. The van der Waals surface area contributed by atoms with Gasteiger partial charge >= 0.3 is 0 Å². The number of methoxy groups -OCH3 is 1. The van der Waals surface area contributed by atoms with Crippen LogP contribution in [0.15, 0.2) is 65.6 Å². The van der Waals surface area contributed by atoms with Gasteiger partial charge in [0.1, 0.15) is 22.6 Å². The summed E-state index contributed by atoms with van der Waals surface area (Å²) in [5.41, 5.74) is 0.753. The largest absolute Gasteiger partial charge is 0.497 e. The van der Waals surface area contributed by atoms with Gasteiger partial charge in [0.25, 0.3) is 5.56 Å². The second-order valence-electron chi connectivity index (χ2n) is 5.91. The van der Waals surface area contributed by atoms with Gasteiger partial charge in [-0.2, -0.15) is 9.78 Å². The number of rotatable bonds is 7. The highest BCUT2D eigenvalue weighted by Gasteiger charge is 2.12. The van der Waals surface area contributed by atoms with Crippen LogP contribution >= 0.6 is 11.6 Å². The third kappa shape index (κ3) is 4.60. The van der Waals surface area contributed by atoms with Crippen LogP contribution in [0.2, 0.25) is 5.02 Å². The summed E-state index contributed by atoms with van der Waals surface area (Å²) >= 11 is 6.23. The van der Waals surface area contributed by atoms with Crippen molar-refractivity contribution in [1.29, 1.82) is 0 Å². The molecule has 1 atom stereocenters. The molecule has 27 heavy (non-hydrogen) atoms. The van der Waals surface area contributed by atoms with Crippen molar-refractivity contribution in [3.63, 3.8) is 0 Å². The first kappa shape index (κ1) is 18.8. The molecule has 0 amide bonds. The lowest BCUT2D eigenvalue weighted by Gasteiger charge is -2.17. The Labute approximate surface area is 162 Å². The molecule has 1 heterocycles. The molecular formula is C20H20ClN3O3. The third-order valence-corrected chi connectivity index (χ3v) is 4.26. The number of nitrogens with zero attached hydrogens (tertiary/aromatic N) is 2. The number of anilines is 1. The third-order valence-electron chi connectivity index (χ3n) is 3.90. The van der Waals surface area contributed by atoms with Gasteiger partial charge in [-0.15, -0.1) is 0 Å². The maximum Gasteiger partial charge on any atom is 0.292 e. The van der Waals surface area contributed by atoms with Crippen LogP contribution in [0, 0.1) is 0 Å². The number of halogens is 1. The number of aromatic nitrogens is 2. The van der Waals surface area contributed by atoms with Crippen LogP contribution < -0.4 is 20.3 Å². The van der Waals surface area contributed by atoms with Gasteiger partial charge < -0.3 is 14.8 Å². The molecule has 0 aliphatic carbocycles. The predicted molar refractivity (Wildman–Crippen MR) is 106 cm³/mol. The van der Waals surface area contributed by atoms with Crippen molar-refractivity contribution in [3.05, 3.63) is 76.2 Å². The molecule has 140 valence electrons. The van der Waals surface area contributed by atoms with Crippen LogP contribution in [0.1, 0.15) is 6.92 Å². The number of hydrogen-bond donors (Lipinski definition) is 1. The van der Waals surface area contributed by atoms with Gasteiger partial charge in [-0.3, -0.25) is 4.79 Å². The molecule has 3 rings (SSSR count). The zero-order chi connectivity index (χ0) is 19.2. The van der Waals surface area contributed by atoms with Gasteiger partial charge in [0.2, 0.25) is 0 Å². The van der Waals surface area contributed by atoms with Crippen LogP contribution in [0.4, 0.5) is 5.69 Å². The second kappa shape index (κ2) is 8.60. The fourth-order valence-corrected chi connectivity index (χ4v) is 2.69. The first-order chi connectivity index (χ1) is 13.1. The topological polar surface area (TPSA) is 65.4 Å². The van der Waals surface area contributed by atoms with Gasteiger partial charge in [-0.05, 0) is 43.3 Å². The maximum atomic E-state index is 12.5. The van der Waals surface area contributed by atoms with Crippen molar-refractivity contribution in [2.75, 3.05) is 19.0 Å². The molecule has 0 saturated carbocycles. The van der Waals surface area contributed by atoms with E-state index in [0.717, 1.165) is 11.5 Å². The van der Waals surface area contributed by atoms with E-state index >= 15 is 0 Å². The summed E-state index contributed by atoms with van der Waals surface area (Å²) in [7, 11) is 1.62. The Balaban J connectivity index is 1.65. The van der Waals surface area contributed by atoms with E-state index in [2.05, 4.69) is 10.4 Å². The van der Waals surface area contributed by atoms with Gasteiger partial charge in [-0.1, -0.05) is 29.8 Å². The molecule has 0 aliphatic rings. The first-order valence-corrected chi connectivity index (χ1v) is 8.84. The Morgan fingerprint density at radius 3 is 2.44 bits per heavy atom. The van der Waals surface area contributed by atoms with E-state index in [9.17, 15) is 4.79 Å². The fourth-order valence-electron chi connectivity index (χ4n) is 2.49. The molecule has 0 bridgehead atoms. The number of hydrogen-bond acceptors (Lipinski definition) is 5. The number of benzene rings is 2. The summed E-state index contributed by atoms with van der Waals surface area (Å²) in [5.74, 6) is 1.50. The van der Waals surface area contributed by atoms with E-state index < -0.39 is 0 Å². The molecule has 2 aromatic carbocycles. The molecule has 1 N–H and O–H groups in total. The van der Waals surface area contributed by atoms with E-state index in [0.29, 0.717) is 17.9 Å². The van der Waals surface area contributed by atoms with Gasteiger partial charge in [0.05, 0.1) is 31.2 Å². The first-order valence-electron chi connectivity index (χ1n) is 8.46. The number of ether oxygens (including phenoxy) is 2. The maximum absolute atomic E-state index is 12.5. The van der Waals surface area contributed by atoms with Crippen LogP contribution in [0.5, 0.6) is 11.5 Å². The standard InChI is InChI=1S/C20H20ClN3O3/c1-14(27-17-10-8-16(26-2)9-11-17)12-22-18-13-23-24(20(25)19(18)21)15-6-4-3-5-7-15/h3-11,13-14,22H,12H2,1-2H3. The smallest absolute Gasteiger partial charge is 0.292 e. The summed E-state index contributed by atoms with van der Waals surface area (Å²) < 4.78 is 12.2. The molecule has 1 aromatic heterocycles. The second-order valence-corrected chi connectivity index (χ2v) is 6.29. The molecule has 0 radical (unpaired) electrons. The van der Waals surface area contributed by atoms with E-state index in [1.54, 1.807) is 19.2 Å². The molecule has 7 heteroatoms. The van der Waals surface area contributed by atoms with Crippen molar-refractivity contribution in [2.24, 2.45) is 0 Å². The summed E-state index contributed by atoms with van der Waals surface area (Å²) in [6.45, 7) is 2.38. The summed E-state index contributed by atoms with van der Waals surface area (Å²) in [4.78, 5) is 12.5. The highest BCUT2D eigenvalue weighted by molar-refractivity contribution is 6.32. The van der Waals surface area contributed by atoms with E-state index in [1.807, 2.05) is 49.4 Å². The Morgan fingerprint density at radius 2 is 1.78 bits per heavy atom. The average Bonchev–Trinajstić information content (AvgIpc) is 2.70. The van der Waals surface area contributed by atoms with Crippen LogP contribution in [-0.2, 0) is 0 Å². The monoisotopic (exact) mass is 385 g/mol. The van der Waals surface area contributed by atoms with Crippen LogP contribution in [0.3, 0.4) is 0 Å². The average molecular weight is 386 g/mol. The zero-order valence-electron chi connectivity index (χ0n) is 15.1. The molecule has 0 fully saturated rings. The molecule has 0 saturated heterocycles. The van der Waals surface area contributed by atoms with E-state index in [1.165, 1.54) is 10.9 Å². The van der Waals surface area contributed by atoms with Gasteiger partial charge in [-0.25, -0.2) is 0 Å². The lowest BCUT2D eigenvalue weighted by Crippen LogP contribution is -2.26. The van der Waals surface area contributed by atoms with E-state index in [-0.39, 0.29) is 16.7 Å². The minimum absolute atomic E-state index is 0.0884. The number of nitrogens with one attached hydrogen (secondary N) is 1. The Kier molecular flexibility index (Phi) is 5.98. The SMILES string of the molecule is COc1ccc(OC(C)CNc2cnn(-c3ccccc3)c(=O)c2Cl)cc1. The van der Waals surface area contributed by atoms with Crippen LogP contribution in [0.25, 0.3) is 5.69 Å². The quantitative estimate of drug-likeness (QED) is 0.670. The fraction of sp³-hybridized carbons (Fsp3) is 0.200. The lowest BCUT2D eigenvalue weighted by molar-refractivity contribution is 0.234. The molecular weight excluding hydrogens is 366 g/mol. The predicted octanol–water partition coefficient (Wildman–Crippen LogP) is 3.77. The Hall–Kier alpha value is -2.99. The van der Waals surface area contributed by atoms with Crippen molar-refractivity contribution >= 4 is 17.3 Å². The summed E-state index contributed by atoms with van der Waals surface area (Å²) in [6, 6.07) is 16.5. The molecule has 3 aromatic rings. The molecule has 0 aliphatic heterocycles. The Morgan fingerprint density at radius 1 is 1.11 bits per heavy atom. The molecule has 6 nitrogen and oxygen atoms in total. The van der Waals surface area contributed by atoms with Crippen molar-refractivity contribution in [2.45, 2.75) is 13.0 Å². The number of para-hydroxylation sites is 1. The van der Waals surface area contributed by atoms with Gasteiger partial charge in [0, 0.05) is 0 Å². The molecule has 0 spiro atoms. The highest BCUT2D eigenvalue weighted by Crippen LogP contribution is 2.19. The molecule has 1 unspecified atom stereocenters. The van der Waals surface area contributed by atoms with Crippen molar-refractivity contribution in [3.8, 4) is 17.2 Å².